The van der Waals surface area contributed by atoms with Crippen LogP contribution >= 0.6 is 0 Å². The van der Waals surface area contributed by atoms with Gasteiger partial charge in [0.2, 0.25) is 5.91 Å². The first kappa shape index (κ1) is 22.2. The lowest BCUT2D eigenvalue weighted by Gasteiger charge is -2.22. The van der Waals surface area contributed by atoms with Gasteiger partial charge in [-0.15, -0.1) is 0 Å². The minimum Gasteiger partial charge on any atom is -0.357 e. The summed E-state index contributed by atoms with van der Waals surface area (Å²) in [5, 5.41) is 6.72. The van der Waals surface area contributed by atoms with Crippen LogP contribution in [0.3, 0.4) is 0 Å². The van der Waals surface area contributed by atoms with Crippen molar-refractivity contribution in [1.82, 2.24) is 20.4 Å². The Hall–Kier alpha value is -2.08. The predicted molar refractivity (Wildman–Crippen MR) is 116 cm³/mol. The molecule has 1 fully saturated rings. The summed E-state index contributed by atoms with van der Waals surface area (Å²) in [4.78, 5) is 20.8. The highest BCUT2D eigenvalue weighted by Gasteiger charge is 2.18. The van der Waals surface area contributed by atoms with E-state index in [-0.39, 0.29) is 0 Å². The molecular weight excluding hydrogens is 350 g/mol. The Balaban J connectivity index is 1.88. The van der Waals surface area contributed by atoms with E-state index in [2.05, 4.69) is 67.6 Å². The highest BCUT2D eigenvalue weighted by Crippen LogP contribution is 2.14. The van der Waals surface area contributed by atoms with Crippen LogP contribution < -0.4 is 10.6 Å². The molecule has 6 nitrogen and oxygen atoms in total. The van der Waals surface area contributed by atoms with Crippen LogP contribution in [0, 0.1) is 0 Å². The Morgan fingerprint density at radius 1 is 1.25 bits per heavy atom. The Kier molecular flexibility index (Phi) is 9.28. The normalized spacial score (nSPS) is 15.0. The summed E-state index contributed by atoms with van der Waals surface area (Å²) >= 11 is 0. The number of hydrogen-bond acceptors (Lipinski definition) is 3. The van der Waals surface area contributed by atoms with Gasteiger partial charge in [-0.1, -0.05) is 24.3 Å². The van der Waals surface area contributed by atoms with Crippen LogP contribution in [-0.2, 0) is 17.9 Å². The largest absolute Gasteiger partial charge is 0.357 e. The number of guanidine groups is 1. The van der Waals surface area contributed by atoms with E-state index in [0.29, 0.717) is 24.9 Å². The SMILES string of the molecule is CCNC(=NCc1ccccc1CN(C)C(C)C)NCCCN1CCCC1=O. The maximum Gasteiger partial charge on any atom is 0.222 e. The maximum absolute atomic E-state index is 11.7. The second-order valence-electron chi connectivity index (χ2n) is 7.74. The topological polar surface area (TPSA) is 60.0 Å². The summed E-state index contributed by atoms with van der Waals surface area (Å²) < 4.78 is 0. The summed E-state index contributed by atoms with van der Waals surface area (Å²) in [6.07, 6.45) is 2.65. The molecule has 0 bridgehead atoms. The first-order valence-electron chi connectivity index (χ1n) is 10.6. The molecule has 156 valence electrons. The zero-order valence-electron chi connectivity index (χ0n) is 18.0. The van der Waals surface area contributed by atoms with E-state index in [1.54, 1.807) is 0 Å². The van der Waals surface area contributed by atoms with Crippen LogP contribution in [0.1, 0.15) is 51.2 Å². The van der Waals surface area contributed by atoms with Crippen molar-refractivity contribution in [2.45, 2.75) is 59.2 Å². The third-order valence-electron chi connectivity index (χ3n) is 5.24. The smallest absolute Gasteiger partial charge is 0.222 e. The lowest BCUT2D eigenvalue weighted by atomic mass is 10.1. The molecule has 1 aliphatic rings. The molecule has 0 aromatic heterocycles. The van der Waals surface area contributed by atoms with Gasteiger partial charge in [-0.05, 0) is 51.8 Å². The standard InChI is InChI=1S/C22H37N5O/c1-5-23-22(24-13-9-15-27-14-8-12-21(27)28)25-16-19-10-6-7-11-20(19)17-26(4)18(2)3/h6-7,10-11,18H,5,8-9,12-17H2,1-4H3,(H2,23,24,25). The summed E-state index contributed by atoms with van der Waals surface area (Å²) in [5.41, 5.74) is 2.58. The van der Waals surface area contributed by atoms with Crippen LogP contribution in [0.5, 0.6) is 0 Å². The Morgan fingerprint density at radius 3 is 2.64 bits per heavy atom. The second kappa shape index (κ2) is 11.7. The number of aliphatic imine (C=N–C) groups is 1. The van der Waals surface area contributed by atoms with Crippen molar-refractivity contribution in [3.8, 4) is 0 Å². The van der Waals surface area contributed by atoms with Crippen molar-refractivity contribution in [2.24, 2.45) is 4.99 Å². The van der Waals surface area contributed by atoms with Gasteiger partial charge >= 0.3 is 0 Å². The zero-order valence-corrected chi connectivity index (χ0v) is 18.0. The van der Waals surface area contributed by atoms with E-state index in [4.69, 9.17) is 4.99 Å². The number of rotatable bonds is 10. The maximum atomic E-state index is 11.7. The van der Waals surface area contributed by atoms with Gasteiger partial charge in [0.1, 0.15) is 0 Å². The van der Waals surface area contributed by atoms with E-state index in [9.17, 15) is 4.79 Å². The number of carbonyl (C=O) groups is 1. The molecule has 1 saturated heterocycles. The molecule has 0 saturated carbocycles. The van der Waals surface area contributed by atoms with E-state index in [1.165, 1.54) is 11.1 Å². The Morgan fingerprint density at radius 2 is 2.00 bits per heavy atom. The first-order chi connectivity index (χ1) is 13.5. The van der Waals surface area contributed by atoms with Crippen LogP contribution in [-0.4, -0.2) is 60.9 Å². The molecule has 0 unspecified atom stereocenters. The number of carbonyl (C=O) groups excluding carboxylic acids is 1. The average molecular weight is 388 g/mol. The Bertz CT molecular complexity index is 644. The highest BCUT2D eigenvalue weighted by molar-refractivity contribution is 5.80. The highest BCUT2D eigenvalue weighted by atomic mass is 16.2. The third kappa shape index (κ3) is 7.15. The summed E-state index contributed by atoms with van der Waals surface area (Å²) in [6, 6.07) is 9.04. The van der Waals surface area contributed by atoms with Crippen LogP contribution in [0.15, 0.2) is 29.3 Å². The summed E-state index contributed by atoms with van der Waals surface area (Å²) in [7, 11) is 2.15. The van der Waals surface area contributed by atoms with E-state index < -0.39 is 0 Å². The molecule has 1 amide bonds. The van der Waals surface area contributed by atoms with Crippen molar-refractivity contribution in [3.05, 3.63) is 35.4 Å². The van der Waals surface area contributed by atoms with Crippen molar-refractivity contribution in [2.75, 3.05) is 33.2 Å². The second-order valence-corrected chi connectivity index (χ2v) is 7.74. The number of nitrogens with one attached hydrogen (secondary N) is 2. The number of amides is 1. The fourth-order valence-corrected chi connectivity index (χ4v) is 3.24. The fraction of sp³-hybridized carbons (Fsp3) is 0.636. The number of likely N-dealkylation sites (tertiary alicyclic amines) is 1. The van der Waals surface area contributed by atoms with Crippen LogP contribution in [0.25, 0.3) is 0 Å². The minimum absolute atomic E-state index is 0.295. The van der Waals surface area contributed by atoms with Gasteiger partial charge in [0, 0.05) is 45.2 Å². The van der Waals surface area contributed by atoms with Crippen LogP contribution in [0.2, 0.25) is 0 Å². The average Bonchev–Trinajstić information content (AvgIpc) is 3.08. The molecule has 0 spiro atoms. The molecule has 1 heterocycles. The summed E-state index contributed by atoms with van der Waals surface area (Å²) in [5.74, 6) is 1.13. The van der Waals surface area contributed by atoms with Gasteiger partial charge in [0.15, 0.2) is 5.96 Å². The van der Waals surface area contributed by atoms with E-state index in [0.717, 1.165) is 51.5 Å². The Labute approximate surface area is 170 Å². The van der Waals surface area contributed by atoms with Gasteiger partial charge in [-0.2, -0.15) is 0 Å². The number of hydrogen-bond donors (Lipinski definition) is 2. The minimum atomic E-state index is 0.295. The molecule has 0 radical (unpaired) electrons. The van der Waals surface area contributed by atoms with Crippen molar-refractivity contribution in [1.29, 1.82) is 0 Å². The quantitative estimate of drug-likeness (QED) is 0.368. The molecular formula is C22H37N5O. The number of benzene rings is 1. The lowest BCUT2D eigenvalue weighted by Crippen LogP contribution is -2.39. The van der Waals surface area contributed by atoms with Crippen molar-refractivity contribution < 1.29 is 4.79 Å². The molecule has 2 rings (SSSR count). The molecule has 1 aliphatic heterocycles. The van der Waals surface area contributed by atoms with Gasteiger partial charge in [0.25, 0.3) is 0 Å². The lowest BCUT2D eigenvalue weighted by molar-refractivity contribution is -0.127. The van der Waals surface area contributed by atoms with Gasteiger partial charge < -0.3 is 15.5 Å². The van der Waals surface area contributed by atoms with E-state index >= 15 is 0 Å². The van der Waals surface area contributed by atoms with Crippen LogP contribution in [0.4, 0.5) is 0 Å². The molecule has 1 aromatic carbocycles. The molecule has 0 aliphatic carbocycles. The summed E-state index contributed by atoms with van der Waals surface area (Å²) in [6.45, 7) is 11.5. The predicted octanol–water partition coefficient (Wildman–Crippen LogP) is 2.59. The molecule has 28 heavy (non-hydrogen) atoms. The third-order valence-corrected chi connectivity index (χ3v) is 5.24. The van der Waals surface area contributed by atoms with Gasteiger partial charge in [0.05, 0.1) is 6.54 Å². The van der Waals surface area contributed by atoms with E-state index in [1.807, 2.05) is 4.90 Å². The molecule has 2 N–H and O–H groups in total. The monoisotopic (exact) mass is 387 g/mol. The molecule has 6 heteroatoms. The first-order valence-corrected chi connectivity index (χ1v) is 10.6. The van der Waals surface area contributed by atoms with Gasteiger partial charge in [-0.3, -0.25) is 9.69 Å². The van der Waals surface area contributed by atoms with Gasteiger partial charge in [-0.25, -0.2) is 4.99 Å². The fourth-order valence-electron chi connectivity index (χ4n) is 3.24. The molecule has 0 atom stereocenters. The zero-order chi connectivity index (χ0) is 20.4. The van der Waals surface area contributed by atoms with Crippen molar-refractivity contribution in [3.63, 3.8) is 0 Å². The number of nitrogens with zero attached hydrogens (tertiary/aromatic N) is 3. The molecule has 1 aromatic rings. The van der Waals surface area contributed by atoms with Crippen molar-refractivity contribution >= 4 is 11.9 Å².